The summed E-state index contributed by atoms with van der Waals surface area (Å²) in [5.41, 5.74) is 7.35. The molecule has 0 bridgehead atoms. The maximum atomic E-state index is 13.4. The highest BCUT2D eigenvalue weighted by Gasteiger charge is 2.43. The number of thiophene rings is 1. The van der Waals surface area contributed by atoms with Gasteiger partial charge in [-0.1, -0.05) is 18.2 Å². The third-order valence-corrected chi connectivity index (χ3v) is 5.78. The molecule has 1 aliphatic heterocycles. The van der Waals surface area contributed by atoms with Gasteiger partial charge in [-0.2, -0.15) is 0 Å². The number of rotatable bonds is 5. The van der Waals surface area contributed by atoms with Gasteiger partial charge >= 0.3 is 0 Å². The second-order valence-electron chi connectivity index (χ2n) is 7.53. The predicted molar refractivity (Wildman–Crippen MR) is 115 cm³/mol. The smallest absolute Gasteiger partial charge is 0.259 e. The van der Waals surface area contributed by atoms with Crippen LogP contribution in [0, 0.1) is 0 Å². The Bertz CT molecular complexity index is 863. The summed E-state index contributed by atoms with van der Waals surface area (Å²) in [7, 11) is 0. The van der Waals surface area contributed by atoms with Crippen LogP contribution in [0.5, 0.6) is 0 Å². The van der Waals surface area contributed by atoms with Gasteiger partial charge in [-0.3, -0.25) is 14.4 Å². The van der Waals surface area contributed by atoms with E-state index in [0.29, 0.717) is 16.3 Å². The minimum absolute atomic E-state index is 0.200. The van der Waals surface area contributed by atoms with Crippen LogP contribution < -0.4 is 20.9 Å². The van der Waals surface area contributed by atoms with E-state index < -0.39 is 29.8 Å². The van der Waals surface area contributed by atoms with Gasteiger partial charge in [0.25, 0.3) is 11.8 Å². The molecule has 0 radical (unpaired) electrons. The Morgan fingerprint density at radius 3 is 1.90 bits per heavy atom. The van der Waals surface area contributed by atoms with Crippen molar-refractivity contribution in [1.29, 1.82) is 0 Å². The molecule has 0 fully saturated rings. The van der Waals surface area contributed by atoms with Gasteiger partial charge in [0.15, 0.2) is 6.04 Å². The van der Waals surface area contributed by atoms with Crippen LogP contribution in [-0.2, 0) is 14.4 Å². The van der Waals surface area contributed by atoms with Crippen molar-refractivity contribution in [3.8, 4) is 0 Å². The maximum Gasteiger partial charge on any atom is 0.259 e. The number of anilines is 2. The summed E-state index contributed by atoms with van der Waals surface area (Å²) < 4.78 is 0. The van der Waals surface area contributed by atoms with Crippen molar-refractivity contribution in [2.75, 3.05) is 9.80 Å². The molecule has 3 rings (SSSR count). The first-order valence-electron chi connectivity index (χ1n) is 9.58. The van der Waals surface area contributed by atoms with Gasteiger partial charge < -0.3 is 20.9 Å². The number of nitrogens with zero attached hydrogens (tertiary/aromatic N) is 2. The number of carbonyl (C=O) groups excluding carboxylic acids is 3. The summed E-state index contributed by atoms with van der Waals surface area (Å²) >= 11 is 1.35. The molecule has 8 heteroatoms. The molecule has 7 nitrogen and oxygen atoms in total. The van der Waals surface area contributed by atoms with Crippen molar-refractivity contribution in [3.05, 3.63) is 46.7 Å². The first kappa shape index (κ1) is 21.0. The molecule has 29 heavy (non-hydrogen) atoms. The number of para-hydroxylation sites is 2. The van der Waals surface area contributed by atoms with Crippen molar-refractivity contribution in [2.24, 2.45) is 5.73 Å². The van der Waals surface area contributed by atoms with E-state index in [-0.39, 0.29) is 12.1 Å². The number of hydrogen-bond acceptors (Lipinski definition) is 5. The SMILES string of the molecule is CC(C)N1C(=O)C(NC(=O)[C@@H](N)c2cccs2)C(=O)N(C(C)C)c2ccccc21. The average Bonchev–Trinajstić information content (AvgIpc) is 3.17. The number of carbonyl (C=O) groups is 3. The molecular weight excluding hydrogens is 388 g/mol. The molecule has 1 aromatic heterocycles. The minimum Gasteiger partial charge on any atom is -0.335 e. The Hall–Kier alpha value is -2.71. The number of hydrogen-bond donors (Lipinski definition) is 2. The highest BCUT2D eigenvalue weighted by molar-refractivity contribution is 7.10. The van der Waals surface area contributed by atoms with Crippen LogP contribution in [0.15, 0.2) is 41.8 Å². The number of nitrogens with one attached hydrogen (secondary N) is 1. The standard InChI is InChI=1S/C21H26N4O3S/c1-12(2)24-14-8-5-6-9-15(14)25(13(3)4)21(28)18(20(24)27)23-19(26)17(22)16-10-7-11-29-16/h5-13,17-18H,22H2,1-4H3,(H,23,26)/t17-/m0/s1. The molecule has 2 aromatic rings. The summed E-state index contributed by atoms with van der Waals surface area (Å²) in [6, 6.07) is 8.16. The van der Waals surface area contributed by atoms with Crippen LogP contribution in [0.3, 0.4) is 0 Å². The van der Waals surface area contributed by atoms with Gasteiger partial charge in [0.2, 0.25) is 5.91 Å². The van der Waals surface area contributed by atoms with Crippen LogP contribution in [0.25, 0.3) is 0 Å². The number of nitrogens with two attached hydrogens (primary N) is 1. The topological polar surface area (TPSA) is 95.7 Å². The fourth-order valence-electron chi connectivity index (χ4n) is 3.51. The zero-order valence-electron chi connectivity index (χ0n) is 17.0. The van der Waals surface area contributed by atoms with E-state index in [4.69, 9.17) is 5.73 Å². The molecule has 1 aliphatic rings. The van der Waals surface area contributed by atoms with Crippen LogP contribution in [-0.4, -0.2) is 35.8 Å². The third kappa shape index (κ3) is 3.90. The van der Waals surface area contributed by atoms with Crippen molar-refractivity contribution in [3.63, 3.8) is 0 Å². The fraction of sp³-hybridized carbons (Fsp3) is 0.381. The Morgan fingerprint density at radius 2 is 1.48 bits per heavy atom. The molecule has 2 heterocycles. The molecule has 154 valence electrons. The van der Waals surface area contributed by atoms with E-state index in [1.807, 2.05) is 57.3 Å². The minimum atomic E-state index is -1.34. The van der Waals surface area contributed by atoms with E-state index in [2.05, 4.69) is 5.32 Å². The van der Waals surface area contributed by atoms with Gasteiger partial charge in [-0.15, -0.1) is 11.3 Å². The number of amides is 3. The van der Waals surface area contributed by atoms with Gasteiger partial charge in [0.05, 0.1) is 11.4 Å². The van der Waals surface area contributed by atoms with Gasteiger partial charge in [-0.25, -0.2) is 0 Å². The summed E-state index contributed by atoms with van der Waals surface area (Å²) in [6.45, 7) is 7.50. The predicted octanol–water partition coefficient (Wildman–Crippen LogP) is 2.43. The lowest BCUT2D eigenvalue weighted by atomic mass is 10.1. The molecule has 3 N–H and O–H groups in total. The summed E-state index contributed by atoms with van der Waals surface area (Å²) in [5.74, 6) is -1.49. The molecule has 0 unspecified atom stereocenters. The second kappa shape index (κ2) is 8.34. The Labute approximate surface area is 174 Å². The van der Waals surface area contributed by atoms with E-state index >= 15 is 0 Å². The lowest BCUT2D eigenvalue weighted by molar-refractivity contribution is -0.135. The molecule has 0 aliphatic carbocycles. The average molecular weight is 415 g/mol. The Balaban J connectivity index is 2.02. The van der Waals surface area contributed by atoms with Crippen LogP contribution in [0.2, 0.25) is 0 Å². The lowest BCUT2D eigenvalue weighted by Gasteiger charge is -2.29. The largest absolute Gasteiger partial charge is 0.335 e. The Kier molecular flexibility index (Phi) is 6.04. The molecule has 0 saturated heterocycles. The van der Waals surface area contributed by atoms with Crippen molar-refractivity contribution in [1.82, 2.24) is 5.32 Å². The quantitative estimate of drug-likeness (QED) is 0.735. The zero-order chi connectivity index (χ0) is 21.3. The fourth-order valence-corrected chi connectivity index (χ4v) is 4.24. The highest BCUT2D eigenvalue weighted by Crippen LogP contribution is 2.35. The normalized spacial score (nSPS) is 16.2. The number of fused-ring (bicyclic) bond motifs is 1. The van der Waals surface area contributed by atoms with Crippen molar-refractivity contribution < 1.29 is 14.4 Å². The maximum absolute atomic E-state index is 13.4. The van der Waals surface area contributed by atoms with E-state index in [0.717, 1.165) is 0 Å². The second-order valence-corrected chi connectivity index (χ2v) is 8.51. The molecular formula is C21H26N4O3S. The van der Waals surface area contributed by atoms with Crippen LogP contribution in [0.4, 0.5) is 11.4 Å². The van der Waals surface area contributed by atoms with Crippen LogP contribution in [0.1, 0.15) is 38.6 Å². The highest BCUT2D eigenvalue weighted by atomic mass is 32.1. The first-order chi connectivity index (χ1) is 13.7. The van der Waals surface area contributed by atoms with Crippen LogP contribution >= 0.6 is 11.3 Å². The van der Waals surface area contributed by atoms with Crippen molar-refractivity contribution >= 4 is 40.4 Å². The summed E-state index contributed by atoms with van der Waals surface area (Å²) in [6.07, 6.45) is 0. The number of benzene rings is 1. The van der Waals surface area contributed by atoms with Gasteiger partial charge in [-0.05, 0) is 51.3 Å². The molecule has 0 spiro atoms. The molecule has 1 aromatic carbocycles. The molecule has 0 saturated carbocycles. The van der Waals surface area contributed by atoms with E-state index in [1.165, 1.54) is 11.3 Å². The van der Waals surface area contributed by atoms with E-state index in [1.54, 1.807) is 21.9 Å². The van der Waals surface area contributed by atoms with Gasteiger partial charge in [0.1, 0.15) is 6.04 Å². The van der Waals surface area contributed by atoms with Gasteiger partial charge in [0, 0.05) is 17.0 Å². The zero-order valence-corrected chi connectivity index (χ0v) is 17.8. The summed E-state index contributed by atoms with van der Waals surface area (Å²) in [4.78, 5) is 43.4. The molecule has 1 atom stereocenters. The molecule has 3 amide bonds. The summed E-state index contributed by atoms with van der Waals surface area (Å²) in [5, 5.41) is 4.43. The third-order valence-electron chi connectivity index (χ3n) is 4.82. The first-order valence-corrected chi connectivity index (χ1v) is 10.5. The lowest BCUT2D eigenvalue weighted by Crippen LogP contribution is -2.58. The van der Waals surface area contributed by atoms with Crippen molar-refractivity contribution in [2.45, 2.75) is 51.9 Å². The Morgan fingerprint density at radius 1 is 0.966 bits per heavy atom. The monoisotopic (exact) mass is 414 g/mol. The van der Waals surface area contributed by atoms with E-state index in [9.17, 15) is 14.4 Å².